The van der Waals surface area contributed by atoms with Crippen molar-refractivity contribution in [2.45, 2.75) is 32.2 Å². The van der Waals surface area contributed by atoms with Crippen LogP contribution < -0.4 is 5.73 Å². The van der Waals surface area contributed by atoms with Crippen LogP contribution in [0.2, 0.25) is 0 Å². The number of furan rings is 1. The van der Waals surface area contributed by atoms with Gasteiger partial charge in [-0.25, -0.2) is 0 Å². The number of hydrogen-bond acceptors (Lipinski definition) is 3. The molecule has 0 fully saturated rings. The summed E-state index contributed by atoms with van der Waals surface area (Å²) >= 11 is 0. The van der Waals surface area contributed by atoms with Crippen molar-refractivity contribution in [3.8, 4) is 0 Å². The lowest BCUT2D eigenvalue weighted by Gasteiger charge is -2.05. The number of nitrogens with two attached hydrogens (primary N) is 1. The molecule has 1 aromatic heterocycles. The summed E-state index contributed by atoms with van der Waals surface area (Å²) in [6, 6.07) is 4.15. The zero-order valence-corrected chi connectivity index (χ0v) is 9.83. The SMILES string of the molecule is CN(C)Cc1ccc(CCCCCN)o1. The fraction of sp³-hybridized carbons (Fsp3) is 0.667. The molecule has 0 aliphatic carbocycles. The molecular formula is C12H22N2O. The Kier molecular flexibility index (Phi) is 5.43. The fourth-order valence-electron chi connectivity index (χ4n) is 1.57. The maximum Gasteiger partial charge on any atom is 0.118 e. The van der Waals surface area contributed by atoms with Gasteiger partial charge >= 0.3 is 0 Å². The molecule has 0 unspecified atom stereocenters. The van der Waals surface area contributed by atoms with Gasteiger partial charge in [-0.3, -0.25) is 0 Å². The summed E-state index contributed by atoms with van der Waals surface area (Å²) in [4.78, 5) is 2.11. The Morgan fingerprint density at radius 3 is 2.53 bits per heavy atom. The van der Waals surface area contributed by atoms with Crippen LogP contribution in [0.4, 0.5) is 0 Å². The van der Waals surface area contributed by atoms with Crippen molar-refractivity contribution in [3.05, 3.63) is 23.7 Å². The molecule has 86 valence electrons. The van der Waals surface area contributed by atoms with Crippen LogP contribution in [0, 0.1) is 0 Å². The van der Waals surface area contributed by atoms with E-state index in [9.17, 15) is 0 Å². The zero-order chi connectivity index (χ0) is 11.1. The van der Waals surface area contributed by atoms with Crippen molar-refractivity contribution in [1.29, 1.82) is 0 Å². The standard InChI is InChI=1S/C12H22N2O/c1-14(2)10-12-8-7-11(15-12)6-4-3-5-9-13/h7-8H,3-6,9-10,13H2,1-2H3. The minimum atomic E-state index is 0.796. The molecule has 1 heterocycles. The van der Waals surface area contributed by atoms with E-state index < -0.39 is 0 Å². The van der Waals surface area contributed by atoms with Crippen LogP contribution in [0.5, 0.6) is 0 Å². The highest BCUT2D eigenvalue weighted by atomic mass is 16.3. The minimum absolute atomic E-state index is 0.796. The monoisotopic (exact) mass is 210 g/mol. The largest absolute Gasteiger partial charge is 0.465 e. The highest BCUT2D eigenvalue weighted by molar-refractivity contribution is 5.07. The molecular weight excluding hydrogens is 188 g/mol. The van der Waals surface area contributed by atoms with E-state index in [1.807, 2.05) is 14.1 Å². The molecule has 0 bridgehead atoms. The van der Waals surface area contributed by atoms with Gasteiger partial charge in [-0.05, 0) is 45.6 Å². The topological polar surface area (TPSA) is 42.4 Å². The lowest BCUT2D eigenvalue weighted by atomic mass is 10.1. The second kappa shape index (κ2) is 6.64. The van der Waals surface area contributed by atoms with Crippen LogP contribution in [-0.4, -0.2) is 25.5 Å². The second-order valence-electron chi connectivity index (χ2n) is 4.21. The van der Waals surface area contributed by atoms with Crippen molar-refractivity contribution >= 4 is 0 Å². The minimum Gasteiger partial charge on any atom is -0.465 e. The van der Waals surface area contributed by atoms with Crippen LogP contribution >= 0.6 is 0 Å². The molecule has 0 saturated carbocycles. The third kappa shape index (κ3) is 5.00. The number of hydrogen-bond donors (Lipinski definition) is 1. The summed E-state index contributed by atoms with van der Waals surface area (Å²) in [5, 5.41) is 0. The smallest absolute Gasteiger partial charge is 0.118 e. The van der Waals surface area contributed by atoms with Crippen molar-refractivity contribution in [1.82, 2.24) is 4.90 Å². The van der Waals surface area contributed by atoms with Crippen molar-refractivity contribution in [2.24, 2.45) is 5.73 Å². The molecule has 0 saturated heterocycles. The van der Waals surface area contributed by atoms with E-state index in [2.05, 4.69) is 17.0 Å². The van der Waals surface area contributed by atoms with Crippen molar-refractivity contribution in [2.75, 3.05) is 20.6 Å². The Labute approximate surface area is 92.2 Å². The van der Waals surface area contributed by atoms with Gasteiger partial charge in [0, 0.05) is 6.42 Å². The summed E-state index contributed by atoms with van der Waals surface area (Å²) < 4.78 is 5.70. The predicted molar refractivity (Wildman–Crippen MR) is 62.7 cm³/mol. The first-order chi connectivity index (χ1) is 7.22. The van der Waals surface area contributed by atoms with E-state index in [0.717, 1.165) is 37.5 Å². The predicted octanol–water partition coefficient (Wildman–Crippen LogP) is 2.01. The maximum atomic E-state index is 5.70. The lowest BCUT2D eigenvalue weighted by Crippen LogP contribution is -2.09. The van der Waals surface area contributed by atoms with Gasteiger partial charge in [-0.1, -0.05) is 6.42 Å². The molecule has 0 radical (unpaired) electrons. The van der Waals surface area contributed by atoms with E-state index in [0.29, 0.717) is 0 Å². The molecule has 0 amide bonds. The van der Waals surface area contributed by atoms with E-state index in [-0.39, 0.29) is 0 Å². The maximum absolute atomic E-state index is 5.70. The Balaban J connectivity index is 2.26. The normalized spacial score (nSPS) is 11.2. The Hall–Kier alpha value is -0.800. The third-order valence-electron chi connectivity index (χ3n) is 2.32. The molecule has 15 heavy (non-hydrogen) atoms. The van der Waals surface area contributed by atoms with Gasteiger partial charge in [0.15, 0.2) is 0 Å². The first kappa shape index (κ1) is 12.3. The first-order valence-corrected chi connectivity index (χ1v) is 5.64. The number of unbranched alkanes of at least 4 members (excludes halogenated alkanes) is 2. The molecule has 1 aromatic rings. The van der Waals surface area contributed by atoms with Crippen LogP contribution in [0.25, 0.3) is 0 Å². The van der Waals surface area contributed by atoms with Crippen LogP contribution in [0.1, 0.15) is 30.8 Å². The highest BCUT2D eigenvalue weighted by Crippen LogP contribution is 2.12. The number of aryl methyl sites for hydroxylation is 1. The van der Waals surface area contributed by atoms with Crippen LogP contribution in [0.15, 0.2) is 16.5 Å². The van der Waals surface area contributed by atoms with E-state index >= 15 is 0 Å². The first-order valence-electron chi connectivity index (χ1n) is 5.64. The Morgan fingerprint density at radius 2 is 1.87 bits per heavy atom. The average Bonchev–Trinajstić information content (AvgIpc) is 2.59. The molecule has 0 aliphatic rings. The Morgan fingerprint density at radius 1 is 1.13 bits per heavy atom. The number of nitrogens with zero attached hydrogens (tertiary/aromatic N) is 1. The number of rotatable bonds is 7. The summed E-state index contributed by atoms with van der Waals surface area (Å²) in [5.41, 5.74) is 5.44. The van der Waals surface area contributed by atoms with Crippen LogP contribution in [-0.2, 0) is 13.0 Å². The van der Waals surface area contributed by atoms with Gasteiger partial charge in [-0.2, -0.15) is 0 Å². The van der Waals surface area contributed by atoms with E-state index in [1.54, 1.807) is 0 Å². The Bertz CT molecular complexity index is 268. The third-order valence-corrected chi connectivity index (χ3v) is 2.32. The molecule has 1 rings (SSSR count). The second-order valence-corrected chi connectivity index (χ2v) is 4.21. The average molecular weight is 210 g/mol. The van der Waals surface area contributed by atoms with Gasteiger partial charge < -0.3 is 15.1 Å². The molecule has 2 N–H and O–H groups in total. The molecule has 0 aromatic carbocycles. The molecule has 0 spiro atoms. The van der Waals surface area contributed by atoms with Crippen molar-refractivity contribution < 1.29 is 4.42 Å². The quantitative estimate of drug-likeness (QED) is 0.700. The van der Waals surface area contributed by atoms with Gasteiger partial charge in [0.1, 0.15) is 11.5 Å². The van der Waals surface area contributed by atoms with Crippen LogP contribution in [0.3, 0.4) is 0 Å². The molecule has 0 aliphatic heterocycles. The summed E-state index contributed by atoms with van der Waals surface area (Å²) in [6.45, 7) is 1.67. The molecule has 0 atom stereocenters. The van der Waals surface area contributed by atoms with E-state index in [1.165, 1.54) is 12.8 Å². The molecule has 3 heteroatoms. The molecule has 3 nitrogen and oxygen atoms in total. The van der Waals surface area contributed by atoms with Gasteiger partial charge in [-0.15, -0.1) is 0 Å². The fourth-order valence-corrected chi connectivity index (χ4v) is 1.57. The summed E-state index contributed by atoms with van der Waals surface area (Å²) in [6.07, 6.45) is 4.52. The lowest BCUT2D eigenvalue weighted by molar-refractivity contribution is 0.340. The van der Waals surface area contributed by atoms with Gasteiger partial charge in [0.05, 0.1) is 6.54 Å². The summed E-state index contributed by atoms with van der Waals surface area (Å²) in [7, 11) is 4.09. The van der Waals surface area contributed by atoms with Gasteiger partial charge in [0.2, 0.25) is 0 Å². The summed E-state index contributed by atoms with van der Waals surface area (Å²) in [5.74, 6) is 2.15. The zero-order valence-electron chi connectivity index (χ0n) is 9.83. The van der Waals surface area contributed by atoms with E-state index in [4.69, 9.17) is 10.2 Å². The van der Waals surface area contributed by atoms with Crippen molar-refractivity contribution in [3.63, 3.8) is 0 Å². The highest BCUT2D eigenvalue weighted by Gasteiger charge is 2.02. The van der Waals surface area contributed by atoms with Gasteiger partial charge in [0.25, 0.3) is 0 Å².